The van der Waals surface area contributed by atoms with Crippen molar-refractivity contribution in [1.29, 1.82) is 0 Å². The van der Waals surface area contributed by atoms with Crippen LogP contribution in [0.5, 0.6) is 0 Å². The van der Waals surface area contributed by atoms with Gasteiger partial charge < -0.3 is 10.4 Å². The standard InChI is InChI=1S/C12H21NO3S/c1-2-17-7-3-6-13-11(14)9-4-5-10(8-9)12(15)16/h9-10H,2-8H2,1H3,(H,13,14)(H,15,16)/t9-,10+/m1/s1. The minimum atomic E-state index is -0.764. The zero-order valence-corrected chi connectivity index (χ0v) is 11.1. The lowest BCUT2D eigenvalue weighted by Crippen LogP contribution is -2.30. The van der Waals surface area contributed by atoms with Gasteiger partial charge in [0, 0.05) is 12.5 Å². The maximum atomic E-state index is 11.7. The van der Waals surface area contributed by atoms with Gasteiger partial charge in [-0.05, 0) is 37.2 Å². The predicted molar refractivity (Wildman–Crippen MR) is 69.1 cm³/mol. The number of rotatable bonds is 7. The van der Waals surface area contributed by atoms with Gasteiger partial charge in [-0.15, -0.1) is 0 Å². The summed E-state index contributed by atoms with van der Waals surface area (Å²) in [6.07, 6.45) is 2.84. The van der Waals surface area contributed by atoms with Crippen molar-refractivity contribution >= 4 is 23.6 Å². The molecule has 98 valence electrons. The Kier molecular flexibility index (Phi) is 6.40. The van der Waals surface area contributed by atoms with Crippen molar-refractivity contribution in [3.8, 4) is 0 Å². The molecule has 0 unspecified atom stereocenters. The fourth-order valence-electron chi connectivity index (χ4n) is 2.12. The summed E-state index contributed by atoms with van der Waals surface area (Å²) in [4.78, 5) is 22.5. The van der Waals surface area contributed by atoms with E-state index in [0.717, 1.165) is 17.9 Å². The van der Waals surface area contributed by atoms with E-state index >= 15 is 0 Å². The molecule has 2 N–H and O–H groups in total. The summed E-state index contributed by atoms with van der Waals surface area (Å²) in [6.45, 7) is 2.83. The molecule has 17 heavy (non-hydrogen) atoms. The number of carboxylic acid groups (broad SMARTS) is 1. The summed E-state index contributed by atoms with van der Waals surface area (Å²) >= 11 is 1.87. The Balaban J connectivity index is 2.14. The summed E-state index contributed by atoms with van der Waals surface area (Å²) in [5.74, 6) is 1.04. The van der Waals surface area contributed by atoms with E-state index in [1.54, 1.807) is 0 Å². The molecule has 1 saturated carbocycles. The van der Waals surface area contributed by atoms with E-state index < -0.39 is 5.97 Å². The van der Waals surface area contributed by atoms with Crippen LogP contribution in [-0.4, -0.2) is 35.0 Å². The van der Waals surface area contributed by atoms with Crippen molar-refractivity contribution in [3.63, 3.8) is 0 Å². The molecule has 0 saturated heterocycles. The molecule has 0 aromatic carbocycles. The maximum absolute atomic E-state index is 11.7. The van der Waals surface area contributed by atoms with Crippen LogP contribution in [0.15, 0.2) is 0 Å². The predicted octanol–water partition coefficient (Wildman–Crippen LogP) is 1.75. The van der Waals surface area contributed by atoms with E-state index in [9.17, 15) is 9.59 Å². The molecule has 1 aliphatic rings. The molecule has 1 rings (SSSR count). The van der Waals surface area contributed by atoms with Gasteiger partial charge >= 0.3 is 5.97 Å². The van der Waals surface area contributed by atoms with Crippen molar-refractivity contribution in [1.82, 2.24) is 5.32 Å². The lowest BCUT2D eigenvalue weighted by molar-refractivity contribution is -0.141. The third-order valence-electron chi connectivity index (χ3n) is 3.12. The van der Waals surface area contributed by atoms with E-state index in [0.29, 0.717) is 25.8 Å². The van der Waals surface area contributed by atoms with E-state index in [4.69, 9.17) is 5.11 Å². The molecule has 0 bridgehead atoms. The van der Waals surface area contributed by atoms with Gasteiger partial charge in [0.2, 0.25) is 5.91 Å². The van der Waals surface area contributed by atoms with Crippen LogP contribution in [0.4, 0.5) is 0 Å². The number of aliphatic carboxylic acids is 1. The maximum Gasteiger partial charge on any atom is 0.306 e. The SMILES string of the molecule is CCSCCCNC(=O)[C@@H]1CC[C@H](C(=O)O)C1. The number of hydrogen-bond donors (Lipinski definition) is 2. The summed E-state index contributed by atoms with van der Waals surface area (Å²) in [7, 11) is 0. The van der Waals surface area contributed by atoms with Crippen molar-refractivity contribution < 1.29 is 14.7 Å². The van der Waals surface area contributed by atoms with E-state index in [2.05, 4.69) is 12.2 Å². The van der Waals surface area contributed by atoms with Crippen LogP contribution in [0.2, 0.25) is 0 Å². The second-order valence-corrected chi connectivity index (χ2v) is 5.78. The van der Waals surface area contributed by atoms with Gasteiger partial charge in [-0.25, -0.2) is 0 Å². The Hall–Kier alpha value is -0.710. The number of carbonyl (C=O) groups is 2. The summed E-state index contributed by atoms with van der Waals surface area (Å²) in [6, 6.07) is 0. The molecule has 2 atom stereocenters. The fourth-order valence-corrected chi connectivity index (χ4v) is 2.76. The number of carboxylic acids is 1. The number of carbonyl (C=O) groups excluding carboxylic acids is 1. The minimum absolute atomic E-state index is 0.0373. The summed E-state index contributed by atoms with van der Waals surface area (Å²) < 4.78 is 0. The Labute approximate surface area is 107 Å². The summed E-state index contributed by atoms with van der Waals surface area (Å²) in [5, 5.41) is 11.7. The Bertz CT molecular complexity index is 270. The highest BCUT2D eigenvalue weighted by Crippen LogP contribution is 2.30. The average molecular weight is 259 g/mol. The van der Waals surface area contributed by atoms with Crippen LogP contribution < -0.4 is 5.32 Å². The quantitative estimate of drug-likeness (QED) is 0.684. The zero-order valence-electron chi connectivity index (χ0n) is 10.3. The van der Waals surface area contributed by atoms with Gasteiger partial charge in [-0.1, -0.05) is 6.92 Å². The fraction of sp³-hybridized carbons (Fsp3) is 0.833. The number of nitrogens with one attached hydrogen (secondary N) is 1. The third kappa shape index (κ3) is 4.98. The zero-order chi connectivity index (χ0) is 12.7. The first-order chi connectivity index (χ1) is 8.15. The Morgan fingerprint density at radius 3 is 2.65 bits per heavy atom. The molecule has 0 radical (unpaired) electrons. The van der Waals surface area contributed by atoms with Crippen LogP contribution >= 0.6 is 11.8 Å². The molecule has 5 heteroatoms. The van der Waals surface area contributed by atoms with Gasteiger partial charge in [-0.3, -0.25) is 9.59 Å². The van der Waals surface area contributed by atoms with Crippen LogP contribution in [0, 0.1) is 11.8 Å². The number of hydrogen-bond acceptors (Lipinski definition) is 3. The molecule has 0 aromatic rings. The number of amides is 1. The molecule has 4 nitrogen and oxygen atoms in total. The van der Waals surface area contributed by atoms with Gasteiger partial charge in [0.1, 0.15) is 0 Å². The van der Waals surface area contributed by atoms with Crippen molar-refractivity contribution in [2.24, 2.45) is 11.8 Å². The van der Waals surface area contributed by atoms with Gasteiger partial charge in [0.15, 0.2) is 0 Å². The van der Waals surface area contributed by atoms with E-state index in [1.807, 2.05) is 11.8 Å². The average Bonchev–Trinajstić information content (AvgIpc) is 2.78. The van der Waals surface area contributed by atoms with E-state index in [-0.39, 0.29) is 17.7 Å². The van der Waals surface area contributed by atoms with Crippen LogP contribution in [0.25, 0.3) is 0 Å². The first-order valence-corrected chi connectivity index (χ1v) is 7.38. The second kappa shape index (κ2) is 7.58. The molecule has 0 spiro atoms. The van der Waals surface area contributed by atoms with E-state index in [1.165, 1.54) is 0 Å². The first kappa shape index (κ1) is 14.4. The highest BCUT2D eigenvalue weighted by Gasteiger charge is 2.33. The van der Waals surface area contributed by atoms with Crippen molar-refractivity contribution in [2.75, 3.05) is 18.1 Å². The topological polar surface area (TPSA) is 66.4 Å². The molecule has 0 aliphatic heterocycles. The molecular weight excluding hydrogens is 238 g/mol. The lowest BCUT2D eigenvalue weighted by atomic mass is 10.0. The first-order valence-electron chi connectivity index (χ1n) is 6.23. The van der Waals surface area contributed by atoms with Crippen molar-refractivity contribution in [2.45, 2.75) is 32.6 Å². The smallest absolute Gasteiger partial charge is 0.306 e. The van der Waals surface area contributed by atoms with Crippen LogP contribution in [0.1, 0.15) is 32.6 Å². The van der Waals surface area contributed by atoms with Gasteiger partial charge in [-0.2, -0.15) is 11.8 Å². The highest BCUT2D eigenvalue weighted by atomic mass is 32.2. The lowest BCUT2D eigenvalue weighted by Gasteiger charge is -2.10. The van der Waals surface area contributed by atoms with Crippen molar-refractivity contribution in [3.05, 3.63) is 0 Å². The summed E-state index contributed by atoms with van der Waals surface area (Å²) in [5.41, 5.74) is 0. The number of thioether (sulfide) groups is 1. The minimum Gasteiger partial charge on any atom is -0.481 e. The molecule has 0 heterocycles. The second-order valence-electron chi connectivity index (χ2n) is 4.39. The van der Waals surface area contributed by atoms with Gasteiger partial charge in [0.05, 0.1) is 5.92 Å². The molecule has 0 aromatic heterocycles. The van der Waals surface area contributed by atoms with Crippen LogP contribution in [0.3, 0.4) is 0 Å². The van der Waals surface area contributed by atoms with Crippen LogP contribution in [-0.2, 0) is 9.59 Å². The normalized spacial score (nSPS) is 23.6. The monoisotopic (exact) mass is 259 g/mol. The molecule has 1 amide bonds. The highest BCUT2D eigenvalue weighted by molar-refractivity contribution is 7.99. The molecule has 1 aliphatic carbocycles. The molecule has 1 fully saturated rings. The largest absolute Gasteiger partial charge is 0.481 e. The third-order valence-corrected chi connectivity index (χ3v) is 4.11. The van der Waals surface area contributed by atoms with Gasteiger partial charge in [0.25, 0.3) is 0 Å². The Morgan fingerprint density at radius 2 is 2.06 bits per heavy atom. The Morgan fingerprint density at radius 1 is 1.35 bits per heavy atom. The molecular formula is C12H21NO3S.